The van der Waals surface area contributed by atoms with E-state index in [1.165, 1.54) is 10.8 Å². The second kappa shape index (κ2) is 3.77. The summed E-state index contributed by atoms with van der Waals surface area (Å²) in [6.07, 6.45) is 1.68. The number of hydrogen-bond acceptors (Lipinski definition) is 2. The fourth-order valence-corrected chi connectivity index (χ4v) is 2.40. The fraction of sp³-hybridized carbons (Fsp3) is 0.250. The van der Waals surface area contributed by atoms with E-state index in [1.54, 1.807) is 6.33 Å². The Labute approximate surface area is 107 Å². The molecule has 18 heavy (non-hydrogen) atoms. The van der Waals surface area contributed by atoms with Crippen molar-refractivity contribution in [1.82, 2.24) is 9.97 Å². The molecule has 3 rings (SSSR count). The number of rotatable bonds is 0. The lowest BCUT2D eigenvalue weighted by Crippen LogP contribution is -2.14. The highest BCUT2D eigenvalue weighted by atomic mass is 14.8. The molecular weight excluding hydrogens is 220 g/mol. The van der Waals surface area contributed by atoms with Gasteiger partial charge in [-0.05, 0) is 5.39 Å². The Morgan fingerprint density at radius 3 is 2.39 bits per heavy atom. The van der Waals surface area contributed by atoms with Crippen LogP contribution in [0.3, 0.4) is 0 Å². The normalized spacial score (nSPS) is 12.2. The first-order valence-corrected chi connectivity index (χ1v) is 6.20. The number of nitrogens with zero attached hydrogens (tertiary/aromatic N) is 2. The lowest BCUT2D eigenvalue weighted by atomic mass is 9.88. The van der Waals surface area contributed by atoms with Crippen molar-refractivity contribution in [3.05, 3.63) is 48.4 Å². The smallest absolute Gasteiger partial charge is 0.116 e. The maximum atomic E-state index is 4.47. The highest BCUT2D eigenvalue weighted by Gasteiger charge is 2.19. The van der Waals surface area contributed by atoms with E-state index < -0.39 is 0 Å². The Bertz CT molecular complexity index is 724. The third-order valence-electron chi connectivity index (χ3n) is 3.24. The molecule has 0 fully saturated rings. The number of benzene rings is 2. The van der Waals surface area contributed by atoms with E-state index in [0.29, 0.717) is 0 Å². The van der Waals surface area contributed by atoms with E-state index in [4.69, 9.17) is 0 Å². The first-order chi connectivity index (χ1) is 8.57. The van der Waals surface area contributed by atoms with Crippen LogP contribution in [0.5, 0.6) is 0 Å². The molecule has 2 heteroatoms. The topological polar surface area (TPSA) is 25.8 Å². The van der Waals surface area contributed by atoms with Crippen LogP contribution >= 0.6 is 0 Å². The summed E-state index contributed by atoms with van der Waals surface area (Å²) in [5.41, 5.74) is 2.19. The summed E-state index contributed by atoms with van der Waals surface area (Å²) >= 11 is 0. The standard InChI is InChI=1S/C16H16N2/c1-16(2,3)15-13-9-8-11-6-4-5-7-12(11)14(13)17-10-18-15/h4-10H,1-3H3. The predicted molar refractivity (Wildman–Crippen MR) is 75.7 cm³/mol. The van der Waals surface area contributed by atoms with Crippen LogP contribution in [0, 0.1) is 0 Å². The van der Waals surface area contributed by atoms with Crippen molar-refractivity contribution >= 4 is 21.7 Å². The zero-order valence-corrected chi connectivity index (χ0v) is 10.9. The molecule has 0 aliphatic carbocycles. The molecular formula is C16H16N2. The SMILES string of the molecule is CC(C)(C)c1ncnc2c1ccc1ccccc12. The van der Waals surface area contributed by atoms with Crippen LogP contribution in [0.25, 0.3) is 21.7 Å². The summed E-state index contributed by atoms with van der Waals surface area (Å²) in [5, 5.41) is 3.58. The maximum absolute atomic E-state index is 4.47. The Kier molecular flexibility index (Phi) is 2.34. The molecule has 0 unspecified atom stereocenters. The third-order valence-corrected chi connectivity index (χ3v) is 3.24. The van der Waals surface area contributed by atoms with Crippen LogP contribution in [0.1, 0.15) is 26.5 Å². The van der Waals surface area contributed by atoms with Gasteiger partial charge in [0.25, 0.3) is 0 Å². The molecule has 0 saturated carbocycles. The number of aromatic nitrogens is 2. The Hall–Kier alpha value is -1.96. The highest BCUT2D eigenvalue weighted by Crippen LogP contribution is 2.30. The Morgan fingerprint density at radius 1 is 0.833 bits per heavy atom. The van der Waals surface area contributed by atoms with Crippen molar-refractivity contribution in [2.45, 2.75) is 26.2 Å². The van der Waals surface area contributed by atoms with Crippen molar-refractivity contribution in [2.75, 3.05) is 0 Å². The first kappa shape index (κ1) is 11.1. The average molecular weight is 236 g/mol. The van der Waals surface area contributed by atoms with Gasteiger partial charge in [0, 0.05) is 16.2 Å². The van der Waals surface area contributed by atoms with Gasteiger partial charge >= 0.3 is 0 Å². The van der Waals surface area contributed by atoms with Gasteiger partial charge in [-0.3, -0.25) is 0 Å². The van der Waals surface area contributed by atoms with Crippen LogP contribution in [0.15, 0.2) is 42.7 Å². The molecule has 1 aromatic heterocycles. The van der Waals surface area contributed by atoms with E-state index in [2.05, 4.69) is 67.1 Å². The molecule has 0 amide bonds. The zero-order chi connectivity index (χ0) is 12.8. The zero-order valence-electron chi connectivity index (χ0n) is 10.9. The quantitative estimate of drug-likeness (QED) is 0.550. The first-order valence-electron chi connectivity index (χ1n) is 6.20. The summed E-state index contributed by atoms with van der Waals surface area (Å²) in [6, 6.07) is 12.6. The van der Waals surface area contributed by atoms with Crippen molar-refractivity contribution in [2.24, 2.45) is 0 Å². The average Bonchev–Trinajstić information content (AvgIpc) is 2.36. The van der Waals surface area contributed by atoms with Gasteiger partial charge in [-0.15, -0.1) is 0 Å². The molecule has 0 atom stereocenters. The third kappa shape index (κ3) is 1.65. The van der Waals surface area contributed by atoms with Gasteiger partial charge < -0.3 is 0 Å². The summed E-state index contributed by atoms with van der Waals surface area (Å²) < 4.78 is 0. The van der Waals surface area contributed by atoms with Gasteiger partial charge in [0.2, 0.25) is 0 Å². The van der Waals surface area contributed by atoms with E-state index in [1.807, 2.05) is 0 Å². The van der Waals surface area contributed by atoms with Crippen LogP contribution in [0.2, 0.25) is 0 Å². The van der Waals surface area contributed by atoms with Gasteiger partial charge in [-0.2, -0.15) is 0 Å². The van der Waals surface area contributed by atoms with Crippen molar-refractivity contribution in [1.29, 1.82) is 0 Å². The van der Waals surface area contributed by atoms with Crippen LogP contribution in [0.4, 0.5) is 0 Å². The molecule has 2 aromatic carbocycles. The minimum absolute atomic E-state index is 0.0314. The molecule has 0 aliphatic heterocycles. The Morgan fingerprint density at radius 2 is 1.61 bits per heavy atom. The molecule has 3 aromatic rings. The molecule has 1 heterocycles. The molecule has 0 N–H and O–H groups in total. The van der Waals surface area contributed by atoms with Crippen molar-refractivity contribution in [3.63, 3.8) is 0 Å². The van der Waals surface area contributed by atoms with Gasteiger partial charge in [-0.1, -0.05) is 57.2 Å². The Balaban J connectivity index is 2.48. The monoisotopic (exact) mass is 236 g/mol. The summed E-state index contributed by atoms with van der Waals surface area (Å²) in [4.78, 5) is 8.95. The van der Waals surface area contributed by atoms with Gasteiger partial charge in [0.1, 0.15) is 6.33 Å². The second-order valence-electron chi connectivity index (χ2n) is 5.66. The highest BCUT2D eigenvalue weighted by molar-refractivity contribution is 6.05. The van der Waals surface area contributed by atoms with Crippen molar-refractivity contribution in [3.8, 4) is 0 Å². The summed E-state index contributed by atoms with van der Waals surface area (Å²) in [7, 11) is 0. The molecule has 2 nitrogen and oxygen atoms in total. The largest absolute Gasteiger partial charge is 0.240 e. The predicted octanol–water partition coefficient (Wildman–Crippen LogP) is 4.08. The fourth-order valence-electron chi connectivity index (χ4n) is 2.40. The minimum Gasteiger partial charge on any atom is -0.240 e. The van der Waals surface area contributed by atoms with E-state index in [-0.39, 0.29) is 5.41 Å². The van der Waals surface area contributed by atoms with Crippen LogP contribution in [-0.2, 0) is 5.41 Å². The number of fused-ring (bicyclic) bond motifs is 3. The lowest BCUT2D eigenvalue weighted by Gasteiger charge is -2.19. The summed E-state index contributed by atoms with van der Waals surface area (Å²) in [6.45, 7) is 6.55. The van der Waals surface area contributed by atoms with Gasteiger partial charge in [0.15, 0.2) is 0 Å². The molecule has 90 valence electrons. The minimum atomic E-state index is 0.0314. The molecule has 0 radical (unpaired) electrons. The van der Waals surface area contributed by atoms with Crippen LogP contribution in [-0.4, -0.2) is 9.97 Å². The molecule has 0 aliphatic rings. The van der Waals surface area contributed by atoms with Crippen LogP contribution < -0.4 is 0 Å². The van der Waals surface area contributed by atoms with Crippen molar-refractivity contribution < 1.29 is 0 Å². The number of hydrogen-bond donors (Lipinski definition) is 0. The van der Waals surface area contributed by atoms with E-state index in [0.717, 1.165) is 16.6 Å². The summed E-state index contributed by atoms with van der Waals surface area (Å²) in [5.74, 6) is 0. The molecule has 0 saturated heterocycles. The van der Waals surface area contributed by atoms with Gasteiger partial charge in [0.05, 0.1) is 11.2 Å². The molecule has 0 bridgehead atoms. The van der Waals surface area contributed by atoms with Gasteiger partial charge in [-0.25, -0.2) is 9.97 Å². The second-order valence-corrected chi connectivity index (χ2v) is 5.66. The van der Waals surface area contributed by atoms with E-state index in [9.17, 15) is 0 Å². The molecule has 0 spiro atoms. The maximum Gasteiger partial charge on any atom is 0.116 e. The van der Waals surface area contributed by atoms with E-state index >= 15 is 0 Å². The lowest BCUT2D eigenvalue weighted by molar-refractivity contribution is 0.574.